The maximum absolute atomic E-state index is 9.35. The molecule has 0 heterocycles. The summed E-state index contributed by atoms with van der Waals surface area (Å²) in [6.07, 6.45) is 7.68. The summed E-state index contributed by atoms with van der Waals surface area (Å²) in [5, 5.41) is 9.35. The third-order valence-corrected chi connectivity index (χ3v) is 5.15. The third kappa shape index (κ3) is 3.26. The SMILES string of the molecule is CCCC1CCC(C#N)C(N(C)CC2CC2C)C1. The van der Waals surface area contributed by atoms with E-state index in [1.807, 2.05) is 0 Å². The van der Waals surface area contributed by atoms with Crippen LogP contribution in [0.1, 0.15) is 52.4 Å². The fraction of sp³-hybridized carbons (Fsp3) is 0.938. The van der Waals surface area contributed by atoms with Gasteiger partial charge in [0.05, 0.1) is 12.0 Å². The van der Waals surface area contributed by atoms with Crippen LogP contribution in [0.5, 0.6) is 0 Å². The van der Waals surface area contributed by atoms with Gasteiger partial charge in [-0.1, -0.05) is 26.7 Å². The van der Waals surface area contributed by atoms with Crippen LogP contribution in [0.4, 0.5) is 0 Å². The van der Waals surface area contributed by atoms with Gasteiger partial charge in [0, 0.05) is 12.6 Å². The molecule has 0 aromatic heterocycles. The van der Waals surface area contributed by atoms with Crippen LogP contribution in [0.15, 0.2) is 0 Å². The summed E-state index contributed by atoms with van der Waals surface area (Å²) in [5.41, 5.74) is 0. The molecule has 2 nitrogen and oxygen atoms in total. The summed E-state index contributed by atoms with van der Waals surface area (Å²) in [7, 11) is 2.24. The lowest BCUT2D eigenvalue weighted by Gasteiger charge is -2.38. The van der Waals surface area contributed by atoms with Crippen LogP contribution >= 0.6 is 0 Å². The highest BCUT2D eigenvalue weighted by Gasteiger charge is 2.38. The van der Waals surface area contributed by atoms with Gasteiger partial charge in [-0.05, 0) is 50.5 Å². The van der Waals surface area contributed by atoms with Crippen LogP contribution in [0.2, 0.25) is 0 Å². The summed E-state index contributed by atoms with van der Waals surface area (Å²) < 4.78 is 0. The average Bonchev–Trinajstić information content (AvgIpc) is 3.05. The van der Waals surface area contributed by atoms with Gasteiger partial charge >= 0.3 is 0 Å². The summed E-state index contributed by atoms with van der Waals surface area (Å²) in [6.45, 7) is 5.84. The monoisotopic (exact) mass is 248 g/mol. The minimum Gasteiger partial charge on any atom is -0.302 e. The minimum absolute atomic E-state index is 0.275. The van der Waals surface area contributed by atoms with Gasteiger partial charge in [0.2, 0.25) is 0 Å². The Morgan fingerprint density at radius 2 is 2.00 bits per heavy atom. The highest BCUT2D eigenvalue weighted by Crippen LogP contribution is 2.40. The Morgan fingerprint density at radius 1 is 1.28 bits per heavy atom. The second-order valence-corrected chi connectivity index (χ2v) is 6.68. The van der Waals surface area contributed by atoms with E-state index in [0.29, 0.717) is 6.04 Å². The van der Waals surface area contributed by atoms with E-state index < -0.39 is 0 Å². The first-order valence-electron chi connectivity index (χ1n) is 7.75. The molecule has 2 rings (SSSR count). The van der Waals surface area contributed by atoms with Crippen molar-refractivity contribution in [2.75, 3.05) is 13.6 Å². The zero-order valence-corrected chi connectivity index (χ0v) is 12.2. The van der Waals surface area contributed by atoms with Gasteiger partial charge in [0.25, 0.3) is 0 Å². The van der Waals surface area contributed by atoms with Gasteiger partial charge in [-0.3, -0.25) is 0 Å². The summed E-state index contributed by atoms with van der Waals surface area (Å²) in [5.74, 6) is 2.96. The Bertz CT molecular complexity index is 307. The molecule has 5 atom stereocenters. The lowest BCUT2D eigenvalue weighted by Crippen LogP contribution is -2.43. The highest BCUT2D eigenvalue weighted by atomic mass is 15.1. The van der Waals surface area contributed by atoms with Gasteiger partial charge in [-0.25, -0.2) is 0 Å². The molecule has 2 saturated carbocycles. The summed E-state index contributed by atoms with van der Waals surface area (Å²) >= 11 is 0. The van der Waals surface area contributed by atoms with Crippen molar-refractivity contribution in [3.05, 3.63) is 0 Å². The smallest absolute Gasteiger partial charge is 0.0672 e. The quantitative estimate of drug-likeness (QED) is 0.742. The first-order chi connectivity index (χ1) is 8.65. The van der Waals surface area contributed by atoms with Crippen molar-refractivity contribution in [2.45, 2.75) is 58.4 Å². The number of hydrogen-bond acceptors (Lipinski definition) is 2. The molecule has 0 radical (unpaired) electrons. The van der Waals surface area contributed by atoms with Crippen LogP contribution in [0.3, 0.4) is 0 Å². The van der Waals surface area contributed by atoms with Crippen molar-refractivity contribution in [1.29, 1.82) is 5.26 Å². The molecular formula is C16H28N2. The minimum atomic E-state index is 0.275. The molecule has 0 aromatic rings. The van der Waals surface area contributed by atoms with E-state index in [1.165, 1.54) is 38.6 Å². The van der Waals surface area contributed by atoms with Gasteiger partial charge in [0.1, 0.15) is 0 Å². The molecular weight excluding hydrogens is 220 g/mol. The largest absolute Gasteiger partial charge is 0.302 e. The van der Waals surface area contributed by atoms with Crippen LogP contribution < -0.4 is 0 Å². The number of hydrogen-bond donors (Lipinski definition) is 0. The number of nitrogens with zero attached hydrogens (tertiary/aromatic N) is 2. The predicted octanol–water partition coefficient (Wildman–Crippen LogP) is 3.68. The maximum Gasteiger partial charge on any atom is 0.0672 e. The molecule has 2 heteroatoms. The van der Waals surface area contributed by atoms with Crippen molar-refractivity contribution >= 4 is 0 Å². The van der Waals surface area contributed by atoms with Gasteiger partial charge in [-0.15, -0.1) is 0 Å². The van der Waals surface area contributed by atoms with E-state index in [2.05, 4.69) is 31.9 Å². The zero-order chi connectivity index (χ0) is 13.1. The molecule has 0 aliphatic heterocycles. The van der Waals surface area contributed by atoms with E-state index in [0.717, 1.165) is 24.2 Å². The van der Waals surface area contributed by atoms with Crippen molar-refractivity contribution in [1.82, 2.24) is 4.90 Å². The Hall–Kier alpha value is -0.550. The van der Waals surface area contributed by atoms with E-state index >= 15 is 0 Å². The fourth-order valence-electron chi connectivity index (χ4n) is 3.70. The molecule has 5 unspecified atom stereocenters. The summed E-state index contributed by atoms with van der Waals surface area (Å²) in [4.78, 5) is 2.50. The molecule has 0 amide bonds. The van der Waals surface area contributed by atoms with Crippen LogP contribution in [-0.2, 0) is 0 Å². The first-order valence-corrected chi connectivity index (χ1v) is 7.75. The van der Waals surface area contributed by atoms with Crippen LogP contribution in [-0.4, -0.2) is 24.5 Å². The van der Waals surface area contributed by atoms with Crippen molar-refractivity contribution in [3.8, 4) is 6.07 Å². The lowest BCUT2D eigenvalue weighted by atomic mass is 9.76. The van der Waals surface area contributed by atoms with Crippen molar-refractivity contribution in [2.24, 2.45) is 23.7 Å². The lowest BCUT2D eigenvalue weighted by molar-refractivity contribution is 0.116. The number of rotatable bonds is 5. The highest BCUT2D eigenvalue weighted by molar-refractivity contribution is 4.98. The zero-order valence-electron chi connectivity index (χ0n) is 12.2. The molecule has 0 spiro atoms. The molecule has 102 valence electrons. The van der Waals surface area contributed by atoms with Gasteiger partial charge in [-0.2, -0.15) is 5.26 Å². The fourth-order valence-corrected chi connectivity index (χ4v) is 3.70. The molecule has 0 bridgehead atoms. The Kier molecular flexibility index (Phi) is 4.67. The Morgan fingerprint density at radius 3 is 2.56 bits per heavy atom. The Labute approximate surface area is 112 Å². The van der Waals surface area contributed by atoms with Crippen LogP contribution in [0.25, 0.3) is 0 Å². The first kappa shape index (κ1) is 13.9. The van der Waals surface area contributed by atoms with Gasteiger partial charge in [0.15, 0.2) is 0 Å². The summed E-state index contributed by atoms with van der Waals surface area (Å²) in [6, 6.07) is 3.08. The standard InChI is InChI=1S/C16H28N2/c1-4-5-13-6-7-14(10-17)16(9-13)18(3)11-15-8-12(15)2/h12-16H,4-9,11H2,1-3H3. The molecule has 2 aliphatic carbocycles. The normalized spacial score (nSPS) is 39.6. The molecule has 18 heavy (non-hydrogen) atoms. The van der Waals surface area contributed by atoms with Crippen LogP contribution in [0, 0.1) is 35.0 Å². The van der Waals surface area contributed by atoms with E-state index in [4.69, 9.17) is 0 Å². The molecule has 2 aliphatic rings. The second-order valence-electron chi connectivity index (χ2n) is 6.68. The molecule has 0 aromatic carbocycles. The predicted molar refractivity (Wildman–Crippen MR) is 75.0 cm³/mol. The number of nitriles is 1. The van der Waals surface area contributed by atoms with E-state index in [9.17, 15) is 5.26 Å². The van der Waals surface area contributed by atoms with Gasteiger partial charge < -0.3 is 4.90 Å². The molecule has 0 saturated heterocycles. The van der Waals surface area contributed by atoms with E-state index in [1.54, 1.807) is 0 Å². The topological polar surface area (TPSA) is 27.0 Å². The second kappa shape index (κ2) is 6.06. The van der Waals surface area contributed by atoms with E-state index in [-0.39, 0.29) is 5.92 Å². The maximum atomic E-state index is 9.35. The third-order valence-electron chi connectivity index (χ3n) is 5.15. The molecule has 2 fully saturated rings. The average molecular weight is 248 g/mol. The molecule has 0 N–H and O–H groups in total. The van der Waals surface area contributed by atoms with Crippen molar-refractivity contribution in [3.63, 3.8) is 0 Å². The van der Waals surface area contributed by atoms with Crippen molar-refractivity contribution < 1.29 is 0 Å². The Balaban J connectivity index is 1.90.